The first-order chi connectivity index (χ1) is 20.1. The number of hydrogen-bond acceptors (Lipinski definition) is 7. The van der Waals surface area contributed by atoms with Gasteiger partial charge in [-0.15, -0.1) is 12.8 Å². The molecule has 0 amide bonds. The summed E-state index contributed by atoms with van der Waals surface area (Å²) in [4.78, 5) is 9.34. The van der Waals surface area contributed by atoms with Crippen molar-refractivity contribution < 1.29 is 18.0 Å². The van der Waals surface area contributed by atoms with Gasteiger partial charge in [-0.1, -0.05) is 55.5 Å². The van der Waals surface area contributed by atoms with Crippen LogP contribution in [0.1, 0.15) is 31.4 Å². The molecule has 2 aromatic carbocycles. The molecule has 0 aliphatic carbocycles. The Balaban J connectivity index is 0.000000619. The van der Waals surface area contributed by atoms with Crippen LogP contribution in [-0.2, 0) is 18.3 Å². The fraction of sp³-hybridized carbons (Fsp3) is 0.323. The number of allylic oxidation sites excluding steroid dienone is 1. The first-order valence-corrected chi connectivity index (χ1v) is 13.1. The highest BCUT2D eigenvalue weighted by Crippen LogP contribution is 2.19. The molecule has 0 saturated carbocycles. The zero-order valence-corrected chi connectivity index (χ0v) is 24.5. The molecule has 228 valence electrons. The van der Waals surface area contributed by atoms with E-state index in [0.717, 1.165) is 29.0 Å². The fourth-order valence-electron chi connectivity index (χ4n) is 3.61. The lowest BCUT2D eigenvalue weighted by molar-refractivity contribution is -0.143. The third kappa shape index (κ3) is 16.0. The van der Waals surface area contributed by atoms with Gasteiger partial charge in [0.1, 0.15) is 6.79 Å². The molecule has 1 aliphatic rings. The largest absolute Gasteiger partial charge is 0.404 e. The molecule has 1 saturated heterocycles. The highest BCUT2D eigenvalue weighted by molar-refractivity contribution is 6.12. The number of terminal acetylenes is 1. The number of carbonyl (C=O) groups is 1. The zero-order chi connectivity index (χ0) is 32.0. The van der Waals surface area contributed by atoms with Gasteiger partial charge in [0.15, 0.2) is 0 Å². The minimum Gasteiger partial charge on any atom is -0.404 e. The summed E-state index contributed by atoms with van der Waals surface area (Å²) in [5.74, 6) is 0. The predicted molar refractivity (Wildman–Crippen MR) is 166 cm³/mol. The first-order valence-electron chi connectivity index (χ1n) is 13.1. The van der Waals surface area contributed by atoms with Crippen LogP contribution in [0.5, 0.6) is 0 Å². The van der Waals surface area contributed by atoms with E-state index in [1.54, 1.807) is 17.1 Å². The van der Waals surface area contributed by atoms with E-state index < -0.39 is 12.7 Å². The Labute approximate surface area is 247 Å². The third-order valence-electron chi connectivity index (χ3n) is 5.64. The van der Waals surface area contributed by atoms with Crippen LogP contribution >= 0.6 is 0 Å². The van der Waals surface area contributed by atoms with Crippen LogP contribution in [0.2, 0.25) is 0 Å². The van der Waals surface area contributed by atoms with E-state index in [1.807, 2.05) is 63.4 Å². The number of nitrogens with one attached hydrogen (secondary N) is 1. The number of carbonyl (C=O) groups excluding carboxylic acids is 1. The Bertz CT molecular complexity index is 1190. The van der Waals surface area contributed by atoms with Crippen molar-refractivity contribution >= 4 is 18.2 Å². The Morgan fingerprint density at radius 1 is 1.14 bits per heavy atom. The smallest absolute Gasteiger partial charge is 0.401 e. The number of alkyl halides is 3. The highest BCUT2D eigenvalue weighted by atomic mass is 19.4. The van der Waals surface area contributed by atoms with Crippen LogP contribution in [0.25, 0.3) is 0 Å². The summed E-state index contributed by atoms with van der Waals surface area (Å²) in [5.41, 5.74) is 19.0. The van der Waals surface area contributed by atoms with Crippen LogP contribution in [0.3, 0.4) is 0 Å². The molecule has 0 radical (unpaired) electrons. The molecule has 1 aromatic heterocycles. The summed E-state index contributed by atoms with van der Waals surface area (Å²) in [5, 5.41) is 8.56. The number of benzene rings is 2. The number of aromatic nitrogens is 2. The topological polar surface area (TPSA) is 115 Å². The molecule has 3 aromatic rings. The maximum absolute atomic E-state index is 11.8. The Hall–Kier alpha value is -4.40. The number of aryl methyl sites for hydroxylation is 2. The molecule has 42 heavy (non-hydrogen) atoms. The third-order valence-corrected chi connectivity index (χ3v) is 5.64. The number of para-hydroxylation sites is 1. The molecule has 5 N–H and O–H groups in total. The van der Waals surface area contributed by atoms with Crippen molar-refractivity contribution in [3.63, 3.8) is 0 Å². The van der Waals surface area contributed by atoms with E-state index in [-0.39, 0.29) is 6.04 Å². The normalized spacial score (nSPS) is 14.8. The standard InChI is InChI=1S/C14H17N5.C8H10.C6H11F3N2.C2H2.CH2O/c1-11(8-15)14(12-9-16-19(2)10-12)18-17-13-6-4-3-5-7-13;1-2-8-6-4-3-5-7-8;7-6(8,9)4-11-2-1-5(10)3-11;2*1-2/h3-10,17H,15H2,1-2H3;3-7H,2H2,1H3;5H,1-4,10H2;1-2H;1H2/b11-8+,18-14+;;;;. The minimum absolute atomic E-state index is 0.0719. The lowest BCUT2D eigenvalue weighted by atomic mass is 10.1. The van der Waals surface area contributed by atoms with Gasteiger partial charge in [-0.25, -0.2) is 0 Å². The first kappa shape index (κ1) is 37.6. The van der Waals surface area contributed by atoms with Crippen LogP contribution in [0, 0.1) is 12.8 Å². The molecule has 1 atom stereocenters. The maximum atomic E-state index is 11.8. The van der Waals surface area contributed by atoms with Crippen LogP contribution in [-0.4, -0.2) is 59.0 Å². The molecular weight excluding hydrogens is 543 g/mol. The quantitative estimate of drug-likeness (QED) is 0.213. The molecule has 11 heteroatoms. The van der Waals surface area contributed by atoms with Gasteiger partial charge in [0.25, 0.3) is 0 Å². The van der Waals surface area contributed by atoms with Crippen LogP contribution < -0.4 is 16.9 Å². The average Bonchev–Trinajstić information content (AvgIpc) is 3.62. The lowest BCUT2D eigenvalue weighted by Crippen LogP contribution is -2.34. The van der Waals surface area contributed by atoms with Crippen molar-refractivity contribution in [1.29, 1.82) is 0 Å². The summed E-state index contributed by atoms with van der Waals surface area (Å²) >= 11 is 0. The molecule has 0 spiro atoms. The second kappa shape index (κ2) is 21.4. The van der Waals surface area contributed by atoms with Gasteiger partial charge in [0.2, 0.25) is 0 Å². The zero-order valence-electron chi connectivity index (χ0n) is 24.5. The molecule has 1 fully saturated rings. The van der Waals surface area contributed by atoms with Crippen LogP contribution in [0.4, 0.5) is 18.9 Å². The number of hydrogen-bond donors (Lipinski definition) is 3. The molecule has 1 aliphatic heterocycles. The number of likely N-dealkylation sites (tertiary alicyclic amines) is 1. The Morgan fingerprint density at radius 2 is 1.71 bits per heavy atom. The van der Waals surface area contributed by atoms with E-state index in [9.17, 15) is 13.2 Å². The Morgan fingerprint density at radius 3 is 2.12 bits per heavy atom. The number of hydrazone groups is 1. The Kier molecular flexibility index (Phi) is 19.1. The summed E-state index contributed by atoms with van der Waals surface area (Å²) in [6, 6.07) is 20.1. The summed E-state index contributed by atoms with van der Waals surface area (Å²) < 4.78 is 37.0. The van der Waals surface area contributed by atoms with E-state index in [1.165, 1.54) is 10.5 Å². The van der Waals surface area contributed by atoms with Crippen LogP contribution in [0.15, 0.2) is 89.9 Å². The van der Waals surface area contributed by atoms with Gasteiger partial charge in [-0.05, 0) is 49.2 Å². The second-order valence-electron chi connectivity index (χ2n) is 8.93. The van der Waals surface area contributed by atoms with Gasteiger partial charge in [0, 0.05) is 37.9 Å². The molecule has 2 heterocycles. The highest BCUT2D eigenvalue weighted by Gasteiger charge is 2.33. The summed E-state index contributed by atoms with van der Waals surface area (Å²) in [7, 11) is 1.87. The lowest BCUT2D eigenvalue weighted by Gasteiger charge is -2.16. The van der Waals surface area contributed by atoms with Crippen molar-refractivity contribution in [1.82, 2.24) is 14.7 Å². The maximum Gasteiger partial charge on any atom is 0.401 e. The second-order valence-corrected chi connectivity index (χ2v) is 8.93. The van der Waals surface area contributed by atoms with E-state index in [0.29, 0.717) is 19.5 Å². The molecule has 0 bridgehead atoms. The van der Waals surface area contributed by atoms with Gasteiger partial charge < -0.3 is 16.3 Å². The minimum atomic E-state index is -4.08. The van der Waals surface area contributed by atoms with Crippen molar-refractivity contribution in [2.45, 2.75) is 38.9 Å². The molecule has 1 unspecified atom stereocenters. The van der Waals surface area contributed by atoms with Crippen molar-refractivity contribution in [2.75, 3.05) is 25.1 Å². The van der Waals surface area contributed by atoms with Crippen molar-refractivity contribution in [2.24, 2.45) is 23.6 Å². The number of nitrogens with two attached hydrogens (primary N) is 2. The van der Waals surface area contributed by atoms with E-state index >= 15 is 0 Å². The molecule has 4 rings (SSSR count). The number of anilines is 1. The molecule has 8 nitrogen and oxygen atoms in total. The fourth-order valence-corrected chi connectivity index (χ4v) is 3.61. The summed E-state index contributed by atoms with van der Waals surface area (Å²) in [6.45, 7) is 6.11. The van der Waals surface area contributed by atoms with Gasteiger partial charge >= 0.3 is 6.18 Å². The van der Waals surface area contributed by atoms with Gasteiger partial charge in [-0.2, -0.15) is 23.4 Å². The SMILES string of the molecule is C#C.C=O.CC(=C\N)/C(=N\Nc1ccccc1)c1cnn(C)c1.CCc1ccccc1.NC1CCN(CC(F)(F)F)C1. The average molecular weight is 586 g/mol. The van der Waals surface area contributed by atoms with E-state index in [2.05, 4.69) is 59.7 Å². The number of halogens is 3. The predicted octanol–water partition coefficient (Wildman–Crippen LogP) is 4.99. The van der Waals surface area contributed by atoms with Crippen molar-refractivity contribution in [3.8, 4) is 12.8 Å². The van der Waals surface area contributed by atoms with Crippen molar-refractivity contribution in [3.05, 3.63) is 96.0 Å². The molecular formula is C31H42F3N7O. The number of rotatable bonds is 6. The summed E-state index contributed by atoms with van der Waals surface area (Å²) in [6.07, 6.45) is 10.9. The number of nitrogens with zero attached hydrogens (tertiary/aromatic N) is 4. The van der Waals surface area contributed by atoms with Gasteiger partial charge in [0.05, 0.1) is 24.1 Å². The van der Waals surface area contributed by atoms with E-state index in [4.69, 9.17) is 16.3 Å². The monoisotopic (exact) mass is 585 g/mol. The van der Waals surface area contributed by atoms with Gasteiger partial charge in [-0.3, -0.25) is 15.0 Å².